The molecule has 0 fully saturated rings. The zero-order chi connectivity index (χ0) is 14.2. The highest BCUT2D eigenvalue weighted by molar-refractivity contribution is 6.00. The van der Waals surface area contributed by atoms with E-state index < -0.39 is 17.9 Å². The van der Waals surface area contributed by atoms with Crippen molar-refractivity contribution in [3.05, 3.63) is 35.0 Å². The Bertz CT molecular complexity index is 658. The maximum absolute atomic E-state index is 11.9. The summed E-state index contributed by atoms with van der Waals surface area (Å²) in [4.78, 5) is 25.6. The van der Waals surface area contributed by atoms with E-state index in [1.165, 1.54) is 6.92 Å². The largest absolute Gasteiger partial charge is 0.480 e. The number of carboxylic acid groups (broad SMARTS) is 1. The van der Waals surface area contributed by atoms with Crippen molar-refractivity contribution in [2.75, 3.05) is 0 Å². The van der Waals surface area contributed by atoms with Crippen molar-refractivity contribution >= 4 is 22.8 Å². The average molecular weight is 260 g/mol. The first-order valence-electron chi connectivity index (χ1n) is 6.02. The number of hydrogen-bond donors (Lipinski definition) is 3. The summed E-state index contributed by atoms with van der Waals surface area (Å²) >= 11 is 0. The maximum Gasteiger partial charge on any atom is 0.325 e. The summed E-state index contributed by atoms with van der Waals surface area (Å²) in [7, 11) is 0. The molecule has 1 heterocycles. The first-order chi connectivity index (χ1) is 8.90. The van der Waals surface area contributed by atoms with Gasteiger partial charge in [-0.15, -0.1) is 0 Å². The minimum absolute atomic E-state index is 0.372. The quantitative estimate of drug-likeness (QED) is 0.789. The number of nitrogens with one attached hydrogen (secondary N) is 2. The molecular weight excluding hydrogens is 244 g/mol. The third kappa shape index (κ3) is 2.45. The van der Waals surface area contributed by atoms with Gasteiger partial charge in [-0.25, -0.2) is 0 Å². The Morgan fingerprint density at radius 3 is 2.63 bits per heavy atom. The number of aryl methyl sites for hydroxylation is 2. The van der Waals surface area contributed by atoms with Gasteiger partial charge in [0.2, 0.25) is 0 Å². The third-order valence-corrected chi connectivity index (χ3v) is 3.31. The minimum Gasteiger partial charge on any atom is -0.480 e. The van der Waals surface area contributed by atoms with Gasteiger partial charge in [0.05, 0.1) is 0 Å². The Balaban J connectivity index is 2.34. The lowest BCUT2D eigenvalue weighted by molar-refractivity contribution is -0.138. The molecule has 19 heavy (non-hydrogen) atoms. The fourth-order valence-corrected chi connectivity index (χ4v) is 1.92. The molecule has 2 aromatic rings. The molecule has 0 saturated carbocycles. The topological polar surface area (TPSA) is 82.2 Å². The van der Waals surface area contributed by atoms with Crippen LogP contribution in [0, 0.1) is 13.8 Å². The van der Waals surface area contributed by atoms with Gasteiger partial charge in [-0.1, -0.05) is 6.07 Å². The zero-order valence-electron chi connectivity index (χ0n) is 11.1. The van der Waals surface area contributed by atoms with E-state index in [0.717, 1.165) is 22.0 Å². The van der Waals surface area contributed by atoms with Gasteiger partial charge < -0.3 is 15.4 Å². The van der Waals surface area contributed by atoms with E-state index in [0.29, 0.717) is 5.69 Å². The number of aromatic nitrogens is 1. The average Bonchev–Trinajstić information content (AvgIpc) is 2.78. The van der Waals surface area contributed by atoms with E-state index in [-0.39, 0.29) is 0 Å². The highest BCUT2D eigenvalue weighted by Gasteiger charge is 2.17. The van der Waals surface area contributed by atoms with Crippen LogP contribution >= 0.6 is 0 Å². The standard InChI is InChI=1S/C14H16N2O3/c1-7-4-5-11-10(8(7)2)6-12(16-11)13(17)15-9(3)14(18)19/h4-6,9,16H,1-3H3,(H,15,17)(H,18,19)/t9-/m1/s1. The van der Waals surface area contributed by atoms with E-state index in [9.17, 15) is 9.59 Å². The first kappa shape index (κ1) is 13.1. The lowest BCUT2D eigenvalue weighted by Crippen LogP contribution is -2.38. The number of carbonyl (C=O) groups excluding carboxylic acids is 1. The number of benzene rings is 1. The van der Waals surface area contributed by atoms with E-state index >= 15 is 0 Å². The Kier molecular flexibility index (Phi) is 3.29. The summed E-state index contributed by atoms with van der Waals surface area (Å²) in [6, 6.07) is 4.73. The van der Waals surface area contributed by atoms with Crippen molar-refractivity contribution in [1.29, 1.82) is 0 Å². The number of aliphatic carboxylic acids is 1. The Morgan fingerprint density at radius 1 is 1.32 bits per heavy atom. The van der Waals surface area contributed by atoms with E-state index in [2.05, 4.69) is 10.3 Å². The van der Waals surface area contributed by atoms with Gasteiger partial charge in [-0.05, 0) is 44.0 Å². The molecule has 0 aliphatic rings. The van der Waals surface area contributed by atoms with Crippen molar-refractivity contribution < 1.29 is 14.7 Å². The summed E-state index contributed by atoms with van der Waals surface area (Å²) in [6.07, 6.45) is 0. The van der Waals surface area contributed by atoms with E-state index in [1.807, 2.05) is 26.0 Å². The van der Waals surface area contributed by atoms with Crippen LogP contribution in [0.5, 0.6) is 0 Å². The van der Waals surface area contributed by atoms with Crippen molar-refractivity contribution in [3.8, 4) is 0 Å². The highest BCUT2D eigenvalue weighted by atomic mass is 16.4. The Hall–Kier alpha value is -2.30. The van der Waals surface area contributed by atoms with Crippen LogP contribution in [0.1, 0.15) is 28.5 Å². The number of carboxylic acids is 1. The Labute approximate surface area is 110 Å². The number of carbonyl (C=O) groups is 2. The summed E-state index contributed by atoms with van der Waals surface area (Å²) in [5.41, 5.74) is 3.50. The second kappa shape index (κ2) is 4.76. The van der Waals surface area contributed by atoms with Gasteiger partial charge in [-0.3, -0.25) is 9.59 Å². The molecule has 2 rings (SSSR count). The summed E-state index contributed by atoms with van der Waals surface area (Å²) in [5, 5.41) is 12.2. The number of hydrogen-bond acceptors (Lipinski definition) is 2. The molecule has 0 bridgehead atoms. The normalized spacial score (nSPS) is 12.4. The summed E-state index contributed by atoms with van der Waals surface area (Å²) < 4.78 is 0. The van der Waals surface area contributed by atoms with Crippen LogP contribution in [-0.4, -0.2) is 28.0 Å². The second-order valence-corrected chi connectivity index (χ2v) is 4.69. The van der Waals surface area contributed by atoms with E-state index in [1.54, 1.807) is 6.07 Å². The lowest BCUT2D eigenvalue weighted by Gasteiger charge is -2.07. The number of rotatable bonds is 3. The third-order valence-electron chi connectivity index (χ3n) is 3.31. The molecule has 0 spiro atoms. The molecule has 1 amide bonds. The van der Waals surface area contributed by atoms with Gasteiger partial charge in [0.1, 0.15) is 11.7 Å². The van der Waals surface area contributed by atoms with Crippen LogP contribution in [0.2, 0.25) is 0 Å². The fourth-order valence-electron chi connectivity index (χ4n) is 1.92. The van der Waals surface area contributed by atoms with Gasteiger partial charge >= 0.3 is 5.97 Å². The van der Waals surface area contributed by atoms with Crippen LogP contribution in [-0.2, 0) is 4.79 Å². The van der Waals surface area contributed by atoms with Gasteiger partial charge in [-0.2, -0.15) is 0 Å². The summed E-state index contributed by atoms with van der Waals surface area (Å²) in [5.74, 6) is -1.47. The molecule has 1 atom stereocenters. The molecule has 1 aromatic carbocycles. The molecule has 0 radical (unpaired) electrons. The monoisotopic (exact) mass is 260 g/mol. The van der Waals surface area contributed by atoms with Crippen molar-refractivity contribution in [2.45, 2.75) is 26.8 Å². The van der Waals surface area contributed by atoms with Crippen molar-refractivity contribution in [2.24, 2.45) is 0 Å². The molecule has 5 nitrogen and oxygen atoms in total. The van der Waals surface area contributed by atoms with Gasteiger partial charge in [0.25, 0.3) is 5.91 Å². The zero-order valence-corrected chi connectivity index (χ0v) is 11.1. The molecule has 0 saturated heterocycles. The molecule has 1 aromatic heterocycles. The predicted molar refractivity (Wildman–Crippen MR) is 72.3 cm³/mol. The smallest absolute Gasteiger partial charge is 0.325 e. The van der Waals surface area contributed by atoms with Crippen LogP contribution in [0.4, 0.5) is 0 Å². The van der Waals surface area contributed by atoms with Crippen LogP contribution < -0.4 is 5.32 Å². The molecule has 3 N–H and O–H groups in total. The second-order valence-electron chi connectivity index (χ2n) is 4.69. The number of amides is 1. The number of aromatic amines is 1. The van der Waals surface area contributed by atoms with Crippen molar-refractivity contribution in [3.63, 3.8) is 0 Å². The minimum atomic E-state index is -1.06. The molecule has 5 heteroatoms. The highest BCUT2D eigenvalue weighted by Crippen LogP contribution is 2.22. The summed E-state index contributed by atoms with van der Waals surface area (Å²) in [6.45, 7) is 5.43. The van der Waals surface area contributed by atoms with Gasteiger partial charge in [0, 0.05) is 10.9 Å². The van der Waals surface area contributed by atoms with Crippen LogP contribution in [0.3, 0.4) is 0 Å². The fraction of sp³-hybridized carbons (Fsp3) is 0.286. The predicted octanol–water partition coefficient (Wildman–Crippen LogP) is 1.99. The molecule has 0 aliphatic heterocycles. The maximum atomic E-state index is 11.9. The lowest BCUT2D eigenvalue weighted by atomic mass is 10.1. The van der Waals surface area contributed by atoms with Crippen LogP contribution in [0.15, 0.2) is 18.2 Å². The molecule has 0 unspecified atom stereocenters. The molecule has 100 valence electrons. The molecular formula is C14H16N2O3. The Morgan fingerprint density at radius 2 is 2.00 bits per heavy atom. The van der Waals surface area contributed by atoms with Crippen molar-refractivity contribution in [1.82, 2.24) is 10.3 Å². The first-order valence-corrected chi connectivity index (χ1v) is 6.02. The SMILES string of the molecule is Cc1ccc2[nH]c(C(=O)N[C@H](C)C(=O)O)cc2c1C. The molecule has 0 aliphatic carbocycles. The number of H-pyrrole nitrogens is 1. The number of fused-ring (bicyclic) bond motifs is 1. The van der Waals surface area contributed by atoms with E-state index in [4.69, 9.17) is 5.11 Å². The van der Waals surface area contributed by atoms with Crippen LogP contribution in [0.25, 0.3) is 10.9 Å². The van der Waals surface area contributed by atoms with Gasteiger partial charge in [0.15, 0.2) is 0 Å².